The molecule has 1 aliphatic heterocycles. The molecule has 1 amide bonds. The number of nitrogens with zero attached hydrogens (tertiary/aromatic N) is 1. The zero-order chi connectivity index (χ0) is 23.7. The summed E-state index contributed by atoms with van der Waals surface area (Å²) in [6.45, 7) is 0. The van der Waals surface area contributed by atoms with Gasteiger partial charge in [-0.2, -0.15) is 0 Å². The number of fused-ring (bicyclic) bond motifs is 3. The van der Waals surface area contributed by atoms with Crippen molar-refractivity contribution in [1.82, 2.24) is 4.90 Å². The van der Waals surface area contributed by atoms with Crippen LogP contribution in [0, 0.1) is 5.92 Å². The van der Waals surface area contributed by atoms with Gasteiger partial charge >= 0.3 is 0 Å². The largest absolute Gasteiger partial charge is 0.510 e. The summed E-state index contributed by atoms with van der Waals surface area (Å²) in [4.78, 5) is 40.6. The molecule has 5 N–H and O–H groups in total. The lowest BCUT2D eigenvalue weighted by Gasteiger charge is -2.49. The van der Waals surface area contributed by atoms with Gasteiger partial charge in [-0.05, 0) is 32.6 Å². The van der Waals surface area contributed by atoms with E-state index in [1.807, 2.05) is 0 Å². The number of ether oxygens (including phenoxy) is 1. The third-order valence-electron chi connectivity index (χ3n) is 6.26. The number of likely N-dealkylation sites (N-methyl/N-ethyl adjacent to an activating group) is 1. The van der Waals surface area contributed by atoms with Gasteiger partial charge in [-0.15, -0.1) is 11.8 Å². The van der Waals surface area contributed by atoms with Crippen molar-refractivity contribution in [3.8, 4) is 5.75 Å². The molecule has 4 unspecified atom stereocenters. The summed E-state index contributed by atoms with van der Waals surface area (Å²) >= 11 is 7.53. The van der Waals surface area contributed by atoms with Crippen LogP contribution in [-0.4, -0.2) is 75.8 Å². The molecule has 3 aliphatic rings. The molecule has 0 radical (unpaired) electrons. The third-order valence-corrected chi connectivity index (χ3v) is 8.06. The summed E-state index contributed by atoms with van der Waals surface area (Å²) < 4.78 is 5.28. The van der Waals surface area contributed by atoms with Crippen molar-refractivity contribution in [3.05, 3.63) is 45.4 Å². The molecule has 0 aromatic heterocycles. The van der Waals surface area contributed by atoms with Gasteiger partial charge in [0.1, 0.15) is 22.8 Å². The molecule has 1 aromatic rings. The topological polar surface area (TPSA) is 150 Å². The second-order valence-electron chi connectivity index (χ2n) is 8.12. The Balaban J connectivity index is 1.98. The Morgan fingerprint density at radius 2 is 1.97 bits per heavy atom. The summed E-state index contributed by atoms with van der Waals surface area (Å²) in [5.41, 5.74) is 1.84. The number of carbonyl (C=O) groups excluding carboxylic acids is 3. The van der Waals surface area contributed by atoms with Crippen LogP contribution in [0.4, 0.5) is 0 Å². The number of Topliss-reactive ketones (excluding diaryl/α,β-unsaturated/α-hetero) is 2. The van der Waals surface area contributed by atoms with E-state index in [1.54, 1.807) is 20.2 Å². The molecule has 32 heavy (non-hydrogen) atoms. The monoisotopic (exact) mass is 480 g/mol. The molecule has 1 aromatic carbocycles. The normalized spacial score (nSPS) is 29.6. The van der Waals surface area contributed by atoms with Crippen molar-refractivity contribution in [1.29, 1.82) is 0 Å². The van der Waals surface area contributed by atoms with E-state index in [9.17, 15) is 29.7 Å². The highest BCUT2D eigenvalue weighted by atomic mass is 35.5. The number of thioether (sulfide) groups is 1. The molecule has 1 heterocycles. The summed E-state index contributed by atoms with van der Waals surface area (Å²) in [5, 5.41) is 33.0. The minimum atomic E-state index is -2.61. The van der Waals surface area contributed by atoms with Gasteiger partial charge in [0, 0.05) is 16.1 Å². The van der Waals surface area contributed by atoms with E-state index in [4.69, 9.17) is 22.1 Å². The number of rotatable bonds is 3. The van der Waals surface area contributed by atoms with Gasteiger partial charge in [0.2, 0.25) is 5.78 Å². The Morgan fingerprint density at radius 1 is 1.31 bits per heavy atom. The fourth-order valence-corrected chi connectivity index (χ4v) is 6.56. The maximum atomic E-state index is 13.5. The number of ketones is 2. The third kappa shape index (κ3) is 2.83. The molecule has 0 saturated heterocycles. The number of hydrogen-bond acceptors (Lipinski definition) is 9. The number of benzene rings is 1. The molecule has 4 atom stereocenters. The Bertz CT molecular complexity index is 1150. The Morgan fingerprint density at radius 3 is 2.53 bits per heavy atom. The minimum Gasteiger partial charge on any atom is -0.510 e. The lowest BCUT2D eigenvalue weighted by molar-refractivity contribution is -0.147. The molecule has 0 bridgehead atoms. The van der Waals surface area contributed by atoms with Gasteiger partial charge in [-0.3, -0.25) is 19.3 Å². The molecule has 0 saturated carbocycles. The number of halogens is 1. The van der Waals surface area contributed by atoms with E-state index in [-0.39, 0.29) is 23.3 Å². The molecule has 0 fully saturated rings. The van der Waals surface area contributed by atoms with Crippen LogP contribution in [0.1, 0.15) is 16.8 Å². The Hall–Kier alpha value is -2.53. The smallest absolute Gasteiger partial charge is 0.255 e. The zero-order valence-corrected chi connectivity index (χ0v) is 19.0. The van der Waals surface area contributed by atoms with Crippen LogP contribution in [0.5, 0.6) is 5.75 Å². The first-order valence-corrected chi connectivity index (χ1v) is 10.9. The minimum absolute atomic E-state index is 0.0317. The highest BCUT2D eigenvalue weighted by Gasteiger charge is 2.63. The van der Waals surface area contributed by atoms with E-state index in [0.29, 0.717) is 9.92 Å². The molecule has 0 spiro atoms. The first-order chi connectivity index (χ1) is 15.0. The van der Waals surface area contributed by atoms with Gasteiger partial charge in [0.25, 0.3) is 5.91 Å². The zero-order valence-electron chi connectivity index (χ0n) is 17.4. The van der Waals surface area contributed by atoms with Crippen LogP contribution in [-0.2, 0) is 9.59 Å². The highest BCUT2D eigenvalue weighted by molar-refractivity contribution is 8.00. The van der Waals surface area contributed by atoms with E-state index < -0.39 is 57.4 Å². The molecule has 170 valence electrons. The molecule has 4 rings (SSSR count). The van der Waals surface area contributed by atoms with E-state index in [1.165, 1.54) is 29.8 Å². The fourth-order valence-electron chi connectivity index (χ4n) is 4.85. The van der Waals surface area contributed by atoms with Crippen molar-refractivity contribution >= 4 is 40.8 Å². The van der Waals surface area contributed by atoms with Crippen LogP contribution in [0.2, 0.25) is 5.02 Å². The van der Waals surface area contributed by atoms with Crippen LogP contribution in [0.25, 0.3) is 0 Å². The summed E-state index contributed by atoms with van der Waals surface area (Å²) in [6.07, 6.45) is 0.0317. The predicted molar refractivity (Wildman–Crippen MR) is 116 cm³/mol. The van der Waals surface area contributed by atoms with Crippen molar-refractivity contribution in [2.24, 2.45) is 11.7 Å². The Kier molecular flexibility index (Phi) is 5.32. The maximum absolute atomic E-state index is 13.5. The predicted octanol–water partition coefficient (Wildman–Crippen LogP) is 1.38. The Labute approximate surface area is 192 Å². The quantitative estimate of drug-likeness (QED) is 0.470. The van der Waals surface area contributed by atoms with Gasteiger partial charge in [-0.25, -0.2) is 0 Å². The molecule has 2 aliphatic carbocycles. The average molecular weight is 481 g/mol. The van der Waals surface area contributed by atoms with E-state index in [0.717, 1.165) is 0 Å². The number of primary amides is 1. The molecule has 9 nitrogen and oxygen atoms in total. The van der Waals surface area contributed by atoms with Gasteiger partial charge < -0.3 is 25.8 Å². The number of hydrogen-bond donors (Lipinski definition) is 4. The average Bonchev–Trinajstić information content (AvgIpc) is 2.71. The van der Waals surface area contributed by atoms with Gasteiger partial charge in [0.05, 0.1) is 29.3 Å². The van der Waals surface area contributed by atoms with Crippen molar-refractivity contribution < 1.29 is 34.4 Å². The standard InChI is InChI=1S/C21H21ClN2O7S/c1-24(2)14-7-6-10-12(15(25)11-9(31-3)5-4-8(22)17(11)32-10)18(27)21(7,30)19(28)13(16(14)26)20(23)29/h4-5,7,10,14,26-27,30H,6H2,1-3H3,(H2,23,29). The number of aliphatic hydroxyl groups is 3. The van der Waals surface area contributed by atoms with Crippen LogP contribution in [0.15, 0.2) is 39.7 Å². The van der Waals surface area contributed by atoms with Crippen molar-refractivity contribution in [2.45, 2.75) is 28.2 Å². The molecule has 11 heteroatoms. The van der Waals surface area contributed by atoms with Crippen molar-refractivity contribution in [3.63, 3.8) is 0 Å². The summed E-state index contributed by atoms with van der Waals surface area (Å²) in [5.74, 6) is -5.39. The second-order valence-corrected chi connectivity index (χ2v) is 9.74. The molecular formula is C21H21ClN2O7S. The second kappa shape index (κ2) is 7.51. The number of methoxy groups -OCH3 is 1. The van der Waals surface area contributed by atoms with Crippen molar-refractivity contribution in [2.75, 3.05) is 21.2 Å². The van der Waals surface area contributed by atoms with E-state index >= 15 is 0 Å². The number of amides is 1. The van der Waals surface area contributed by atoms with Crippen LogP contribution < -0.4 is 10.5 Å². The van der Waals surface area contributed by atoms with E-state index in [2.05, 4.69) is 0 Å². The molecular weight excluding hydrogens is 460 g/mol. The lowest BCUT2D eigenvalue weighted by Crippen LogP contribution is -2.64. The highest BCUT2D eigenvalue weighted by Crippen LogP contribution is 2.55. The van der Waals surface area contributed by atoms with Gasteiger partial charge in [0.15, 0.2) is 11.4 Å². The SMILES string of the molecule is COc1ccc(Cl)c2c1C(=O)C1=C(O)C3(O)C(=O)C(C(N)=O)=C(O)C(N(C)C)C3CC1S2. The number of carbonyl (C=O) groups is 3. The van der Waals surface area contributed by atoms with Gasteiger partial charge in [-0.1, -0.05) is 11.6 Å². The van der Waals surface area contributed by atoms with Crippen LogP contribution in [0.3, 0.4) is 0 Å². The summed E-state index contributed by atoms with van der Waals surface area (Å²) in [7, 11) is 4.55. The fraction of sp³-hybridized carbons (Fsp3) is 0.381. The lowest BCUT2D eigenvalue weighted by atomic mass is 9.63. The maximum Gasteiger partial charge on any atom is 0.255 e. The summed E-state index contributed by atoms with van der Waals surface area (Å²) in [6, 6.07) is 2.09. The van der Waals surface area contributed by atoms with Crippen LogP contribution >= 0.6 is 23.4 Å². The first-order valence-electron chi connectivity index (χ1n) is 9.64. The number of aliphatic hydroxyl groups excluding tert-OH is 2. The number of nitrogens with two attached hydrogens (primary N) is 1. The first kappa shape index (κ1) is 22.7.